The monoisotopic (exact) mass is 282 g/mol. The molecule has 0 atom stereocenters. The molecule has 7 heteroatoms. The standard InChI is InChI=1S/C13H9F3N2O2/c14-9-2-1-8(11(16)5-9)7-17-12-6-10(15)3-4-13(12)18(19)20/h1-6,17H,7H2. The van der Waals surface area contributed by atoms with Crippen molar-refractivity contribution in [2.75, 3.05) is 5.32 Å². The highest BCUT2D eigenvalue weighted by Gasteiger charge is 2.14. The fraction of sp³-hybridized carbons (Fsp3) is 0.0769. The largest absolute Gasteiger partial charge is 0.375 e. The van der Waals surface area contributed by atoms with Crippen LogP contribution in [0.2, 0.25) is 0 Å². The van der Waals surface area contributed by atoms with Gasteiger partial charge in [0.1, 0.15) is 23.1 Å². The highest BCUT2D eigenvalue weighted by molar-refractivity contribution is 5.61. The van der Waals surface area contributed by atoms with Crippen molar-refractivity contribution in [2.24, 2.45) is 0 Å². The number of halogens is 3. The lowest BCUT2D eigenvalue weighted by molar-refractivity contribution is -0.384. The van der Waals surface area contributed by atoms with Gasteiger partial charge in [-0.2, -0.15) is 0 Å². The third-order valence-corrected chi connectivity index (χ3v) is 2.64. The summed E-state index contributed by atoms with van der Waals surface area (Å²) in [4.78, 5) is 10.1. The number of nitrogens with one attached hydrogen (secondary N) is 1. The number of nitrogens with zero attached hydrogens (tertiary/aromatic N) is 1. The van der Waals surface area contributed by atoms with Crippen LogP contribution in [0.1, 0.15) is 5.56 Å². The van der Waals surface area contributed by atoms with E-state index in [0.717, 1.165) is 24.3 Å². The normalized spacial score (nSPS) is 10.3. The highest BCUT2D eigenvalue weighted by Crippen LogP contribution is 2.25. The van der Waals surface area contributed by atoms with Crippen molar-refractivity contribution >= 4 is 11.4 Å². The first-order chi connectivity index (χ1) is 9.47. The zero-order chi connectivity index (χ0) is 14.7. The molecule has 0 saturated carbocycles. The van der Waals surface area contributed by atoms with E-state index in [-0.39, 0.29) is 23.5 Å². The first-order valence-corrected chi connectivity index (χ1v) is 5.59. The number of rotatable bonds is 4. The lowest BCUT2D eigenvalue weighted by Gasteiger charge is -2.08. The van der Waals surface area contributed by atoms with E-state index in [9.17, 15) is 23.3 Å². The molecule has 0 aliphatic heterocycles. The van der Waals surface area contributed by atoms with Crippen molar-refractivity contribution in [3.8, 4) is 0 Å². The smallest absolute Gasteiger partial charge is 0.292 e. The molecule has 0 spiro atoms. The van der Waals surface area contributed by atoms with Crippen LogP contribution in [-0.4, -0.2) is 4.92 Å². The molecule has 0 heterocycles. The molecule has 0 aliphatic rings. The summed E-state index contributed by atoms with van der Waals surface area (Å²) in [6.45, 7) is -0.129. The Bertz CT molecular complexity index is 662. The summed E-state index contributed by atoms with van der Waals surface area (Å²) >= 11 is 0. The summed E-state index contributed by atoms with van der Waals surface area (Å²) < 4.78 is 39.2. The number of nitro groups is 1. The van der Waals surface area contributed by atoms with Crippen LogP contribution in [0.15, 0.2) is 36.4 Å². The average molecular weight is 282 g/mol. The van der Waals surface area contributed by atoms with Crippen molar-refractivity contribution in [1.82, 2.24) is 0 Å². The van der Waals surface area contributed by atoms with Gasteiger partial charge in [0, 0.05) is 30.3 Å². The Labute approximate surface area is 112 Å². The molecule has 1 N–H and O–H groups in total. The van der Waals surface area contributed by atoms with Gasteiger partial charge in [-0.15, -0.1) is 0 Å². The fourth-order valence-electron chi connectivity index (χ4n) is 1.66. The van der Waals surface area contributed by atoms with Crippen LogP contribution in [0.25, 0.3) is 0 Å². The molecule has 0 unspecified atom stereocenters. The molecule has 0 saturated heterocycles. The molecule has 4 nitrogen and oxygen atoms in total. The molecule has 2 rings (SSSR count). The lowest BCUT2D eigenvalue weighted by atomic mass is 10.2. The minimum absolute atomic E-state index is 0.0706. The Kier molecular flexibility index (Phi) is 3.88. The zero-order valence-corrected chi connectivity index (χ0v) is 10.1. The Balaban J connectivity index is 2.22. The van der Waals surface area contributed by atoms with Gasteiger partial charge in [0.05, 0.1) is 4.92 Å². The van der Waals surface area contributed by atoms with Crippen LogP contribution >= 0.6 is 0 Å². The third kappa shape index (κ3) is 3.05. The Morgan fingerprint density at radius 1 is 1.05 bits per heavy atom. The van der Waals surface area contributed by atoms with E-state index in [2.05, 4.69) is 5.32 Å². The number of nitro benzene ring substituents is 1. The second kappa shape index (κ2) is 5.60. The SMILES string of the molecule is O=[N+]([O-])c1ccc(F)cc1NCc1ccc(F)cc1F. The highest BCUT2D eigenvalue weighted by atomic mass is 19.1. The van der Waals surface area contributed by atoms with Crippen LogP contribution < -0.4 is 5.32 Å². The van der Waals surface area contributed by atoms with Gasteiger partial charge >= 0.3 is 0 Å². The predicted molar refractivity (Wildman–Crippen MR) is 66.7 cm³/mol. The Morgan fingerprint density at radius 2 is 1.70 bits per heavy atom. The van der Waals surface area contributed by atoms with Crippen molar-refractivity contribution in [3.63, 3.8) is 0 Å². The molecule has 0 amide bonds. The van der Waals surface area contributed by atoms with Gasteiger partial charge in [-0.05, 0) is 12.1 Å². The average Bonchev–Trinajstić information content (AvgIpc) is 2.37. The third-order valence-electron chi connectivity index (χ3n) is 2.64. The number of anilines is 1. The minimum atomic E-state index is -0.781. The maximum absolute atomic E-state index is 13.4. The van der Waals surface area contributed by atoms with Crippen LogP contribution in [-0.2, 0) is 6.54 Å². The summed E-state index contributed by atoms with van der Waals surface area (Å²) in [6, 6.07) is 5.90. The van der Waals surface area contributed by atoms with Crippen molar-refractivity contribution in [2.45, 2.75) is 6.54 Å². The van der Waals surface area contributed by atoms with Gasteiger partial charge in [0.15, 0.2) is 0 Å². The molecule has 0 aromatic heterocycles. The van der Waals surface area contributed by atoms with Crippen molar-refractivity contribution in [1.29, 1.82) is 0 Å². The summed E-state index contributed by atoms with van der Waals surface area (Å²) in [5.74, 6) is -2.16. The van der Waals surface area contributed by atoms with E-state index in [0.29, 0.717) is 6.07 Å². The van der Waals surface area contributed by atoms with E-state index in [1.807, 2.05) is 0 Å². The van der Waals surface area contributed by atoms with E-state index < -0.39 is 22.4 Å². The second-order valence-electron chi connectivity index (χ2n) is 4.01. The summed E-state index contributed by atoms with van der Waals surface area (Å²) in [6.07, 6.45) is 0. The molecule has 20 heavy (non-hydrogen) atoms. The molecule has 0 bridgehead atoms. The maximum atomic E-state index is 13.4. The molecular weight excluding hydrogens is 273 g/mol. The Hall–Kier alpha value is -2.57. The minimum Gasteiger partial charge on any atom is -0.375 e. The molecule has 0 fully saturated rings. The number of hydrogen-bond acceptors (Lipinski definition) is 3. The van der Waals surface area contributed by atoms with Crippen LogP contribution in [0.5, 0.6) is 0 Å². The van der Waals surface area contributed by atoms with E-state index in [4.69, 9.17) is 0 Å². The summed E-state index contributed by atoms with van der Waals surface area (Å²) in [5, 5.41) is 13.3. The summed E-state index contributed by atoms with van der Waals surface area (Å²) in [5.41, 5.74) is -0.280. The van der Waals surface area contributed by atoms with Gasteiger partial charge < -0.3 is 5.32 Å². The van der Waals surface area contributed by atoms with Gasteiger partial charge in [-0.25, -0.2) is 13.2 Å². The van der Waals surface area contributed by atoms with Gasteiger partial charge in [0.2, 0.25) is 0 Å². The van der Waals surface area contributed by atoms with Crippen molar-refractivity contribution < 1.29 is 18.1 Å². The molecule has 2 aromatic carbocycles. The van der Waals surface area contributed by atoms with Crippen LogP contribution in [0.3, 0.4) is 0 Å². The molecule has 0 radical (unpaired) electrons. The molecule has 104 valence electrons. The van der Waals surface area contributed by atoms with Crippen LogP contribution in [0, 0.1) is 27.6 Å². The predicted octanol–water partition coefficient (Wildman–Crippen LogP) is 3.62. The topological polar surface area (TPSA) is 55.2 Å². The molecular formula is C13H9F3N2O2. The van der Waals surface area contributed by atoms with Gasteiger partial charge in [-0.3, -0.25) is 10.1 Å². The number of hydrogen-bond donors (Lipinski definition) is 1. The van der Waals surface area contributed by atoms with Gasteiger partial charge in [-0.1, -0.05) is 6.07 Å². The molecule has 0 aliphatic carbocycles. The van der Waals surface area contributed by atoms with E-state index in [1.54, 1.807) is 0 Å². The zero-order valence-electron chi connectivity index (χ0n) is 10.1. The second-order valence-corrected chi connectivity index (χ2v) is 4.01. The van der Waals surface area contributed by atoms with Gasteiger partial charge in [0.25, 0.3) is 5.69 Å². The summed E-state index contributed by atoms with van der Waals surface area (Å²) in [7, 11) is 0. The first kappa shape index (κ1) is 13.9. The van der Waals surface area contributed by atoms with Crippen molar-refractivity contribution in [3.05, 3.63) is 69.5 Å². The lowest BCUT2D eigenvalue weighted by Crippen LogP contribution is -2.05. The van der Waals surface area contributed by atoms with Crippen LogP contribution in [0.4, 0.5) is 24.5 Å². The fourth-order valence-corrected chi connectivity index (χ4v) is 1.66. The first-order valence-electron chi connectivity index (χ1n) is 5.59. The quantitative estimate of drug-likeness (QED) is 0.688. The van der Waals surface area contributed by atoms with E-state index in [1.165, 1.54) is 6.07 Å². The Morgan fingerprint density at radius 3 is 2.35 bits per heavy atom. The maximum Gasteiger partial charge on any atom is 0.292 e. The molecule has 2 aromatic rings. The number of benzene rings is 2. The van der Waals surface area contributed by atoms with E-state index >= 15 is 0 Å².